The molecule has 2 fully saturated rings. The molecule has 0 bridgehead atoms. The fraction of sp³-hybridized carbons (Fsp3) is 0.733. The molecule has 0 radical (unpaired) electrons. The number of hydrogen-bond acceptors (Lipinski definition) is 6. The molecule has 0 amide bonds. The zero-order chi connectivity index (χ0) is 21.2. The van der Waals surface area contributed by atoms with Crippen molar-refractivity contribution in [1.29, 1.82) is 0 Å². The standard InChI is InChI=1S/C13H22N4O3S.C2HF3O2/c1-15-4-3-13(8-15)9-17(5-6-20-10-13)21(18,19)12-7-16(2)11-14-12;3-2(4,5)1(6)7/h7,11H,3-6,8-10H2,1-2H3;(H,6,7). The summed E-state index contributed by atoms with van der Waals surface area (Å²) in [6.45, 7) is 3.84. The number of imidazole rings is 1. The van der Waals surface area contributed by atoms with Crippen LogP contribution in [0, 0.1) is 5.41 Å². The molecule has 1 aromatic rings. The zero-order valence-electron chi connectivity index (χ0n) is 15.5. The molecule has 2 aliphatic rings. The molecule has 13 heteroatoms. The van der Waals surface area contributed by atoms with Gasteiger partial charge in [0.1, 0.15) is 0 Å². The van der Waals surface area contributed by atoms with E-state index >= 15 is 0 Å². The Bertz CT molecular complexity index is 798. The van der Waals surface area contributed by atoms with Crippen LogP contribution in [0.5, 0.6) is 0 Å². The van der Waals surface area contributed by atoms with Gasteiger partial charge in [-0.2, -0.15) is 17.5 Å². The minimum absolute atomic E-state index is 0.0902. The Hall–Kier alpha value is -1.70. The number of aryl methyl sites for hydroxylation is 1. The lowest BCUT2D eigenvalue weighted by molar-refractivity contribution is -0.192. The summed E-state index contributed by atoms with van der Waals surface area (Å²) in [6, 6.07) is 0. The maximum absolute atomic E-state index is 12.8. The number of halogens is 3. The Balaban J connectivity index is 0.000000345. The Morgan fingerprint density at radius 2 is 1.93 bits per heavy atom. The van der Waals surface area contributed by atoms with Crippen LogP contribution in [-0.2, 0) is 26.6 Å². The third-order valence-corrected chi connectivity index (χ3v) is 6.29. The van der Waals surface area contributed by atoms with Crippen molar-refractivity contribution in [3.05, 3.63) is 12.5 Å². The number of carboxylic acid groups (broad SMARTS) is 1. The molecule has 1 aromatic heterocycles. The molecule has 28 heavy (non-hydrogen) atoms. The van der Waals surface area contributed by atoms with Gasteiger partial charge in [0.2, 0.25) is 0 Å². The van der Waals surface area contributed by atoms with Crippen molar-refractivity contribution in [3.8, 4) is 0 Å². The van der Waals surface area contributed by atoms with E-state index in [9.17, 15) is 21.6 Å². The Morgan fingerprint density at radius 3 is 2.39 bits per heavy atom. The van der Waals surface area contributed by atoms with Gasteiger partial charge in [-0.05, 0) is 20.0 Å². The highest BCUT2D eigenvalue weighted by atomic mass is 32.2. The summed E-state index contributed by atoms with van der Waals surface area (Å²) in [5.74, 6) is -2.76. The van der Waals surface area contributed by atoms with Gasteiger partial charge < -0.3 is 19.3 Å². The number of likely N-dealkylation sites (tertiary alicyclic amines) is 1. The van der Waals surface area contributed by atoms with E-state index in [1.54, 1.807) is 22.1 Å². The summed E-state index contributed by atoms with van der Waals surface area (Å²) < 4.78 is 66.1. The predicted octanol–water partition coefficient (Wildman–Crippen LogP) is 0.396. The number of alkyl halides is 3. The SMILES string of the molecule is CN1CCC2(COCCN(S(=O)(=O)c3cn(C)cn3)C2)C1.O=C(O)C(F)(F)F. The van der Waals surface area contributed by atoms with E-state index in [4.69, 9.17) is 14.6 Å². The van der Waals surface area contributed by atoms with Gasteiger partial charge in [-0.15, -0.1) is 0 Å². The minimum Gasteiger partial charge on any atom is -0.475 e. The maximum atomic E-state index is 12.8. The van der Waals surface area contributed by atoms with E-state index < -0.39 is 22.2 Å². The number of aliphatic carboxylic acids is 1. The summed E-state index contributed by atoms with van der Waals surface area (Å²) in [5, 5.41) is 7.24. The van der Waals surface area contributed by atoms with Gasteiger partial charge in [0.15, 0.2) is 5.03 Å². The summed E-state index contributed by atoms with van der Waals surface area (Å²) in [5.41, 5.74) is -0.0902. The second-order valence-corrected chi connectivity index (χ2v) is 8.94. The fourth-order valence-electron chi connectivity index (χ4n) is 3.22. The van der Waals surface area contributed by atoms with E-state index in [0.29, 0.717) is 26.3 Å². The molecule has 1 unspecified atom stereocenters. The zero-order valence-corrected chi connectivity index (χ0v) is 16.3. The Labute approximate surface area is 160 Å². The highest BCUT2D eigenvalue weighted by Crippen LogP contribution is 2.34. The highest BCUT2D eigenvalue weighted by Gasteiger charge is 2.43. The third-order valence-electron chi connectivity index (χ3n) is 4.56. The highest BCUT2D eigenvalue weighted by molar-refractivity contribution is 7.89. The lowest BCUT2D eigenvalue weighted by atomic mass is 9.88. The van der Waals surface area contributed by atoms with Gasteiger partial charge in [0, 0.05) is 38.3 Å². The van der Waals surface area contributed by atoms with Gasteiger partial charge in [0.25, 0.3) is 10.0 Å². The first-order valence-electron chi connectivity index (χ1n) is 8.40. The van der Waals surface area contributed by atoms with Gasteiger partial charge in [-0.25, -0.2) is 18.2 Å². The lowest BCUT2D eigenvalue weighted by Crippen LogP contribution is -2.43. The van der Waals surface area contributed by atoms with Crippen LogP contribution < -0.4 is 0 Å². The summed E-state index contributed by atoms with van der Waals surface area (Å²) >= 11 is 0. The predicted molar refractivity (Wildman–Crippen MR) is 91.0 cm³/mol. The summed E-state index contributed by atoms with van der Waals surface area (Å²) in [7, 11) is 0.293. The van der Waals surface area contributed by atoms with Gasteiger partial charge in [-0.1, -0.05) is 0 Å². The summed E-state index contributed by atoms with van der Waals surface area (Å²) in [4.78, 5) is 15.1. The maximum Gasteiger partial charge on any atom is 0.490 e. The fourth-order valence-corrected chi connectivity index (χ4v) is 4.72. The number of hydrogen-bond donors (Lipinski definition) is 1. The van der Waals surface area contributed by atoms with Crippen molar-refractivity contribution in [2.45, 2.75) is 17.6 Å². The van der Waals surface area contributed by atoms with Crippen LogP contribution in [0.1, 0.15) is 6.42 Å². The monoisotopic (exact) mass is 428 g/mol. The molecule has 0 aromatic carbocycles. The molecule has 2 saturated heterocycles. The number of sulfonamides is 1. The molecule has 1 N–H and O–H groups in total. The molecule has 160 valence electrons. The number of ether oxygens (including phenoxy) is 1. The van der Waals surface area contributed by atoms with E-state index in [-0.39, 0.29) is 10.4 Å². The molecule has 3 rings (SSSR count). The first kappa shape index (κ1) is 22.6. The quantitative estimate of drug-likeness (QED) is 0.727. The molecule has 1 atom stereocenters. The Morgan fingerprint density at radius 1 is 1.29 bits per heavy atom. The average Bonchev–Trinajstić information content (AvgIpc) is 3.09. The number of carbonyl (C=O) groups is 1. The molecule has 0 aliphatic carbocycles. The number of nitrogens with zero attached hydrogens (tertiary/aromatic N) is 4. The second-order valence-electron chi connectivity index (χ2n) is 7.06. The van der Waals surface area contributed by atoms with Crippen LogP contribution in [0.3, 0.4) is 0 Å². The molecule has 9 nitrogen and oxygen atoms in total. The largest absolute Gasteiger partial charge is 0.490 e. The van der Waals surface area contributed by atoms with Crippen molar-refractivity contribution >= 4 is 16.0 Å². The van der Waals surface area contributed by atoms with Crippen LogP contribution in [0.25, 0.3) is 0 Å². The van der Waals surface area contributed by atoms with Gasteiger partial charge in [-0.3, -0.25) is 0 Å². The smallest absolute Gasteiger partial charge is 0.475 e. The van der Waals surface area contributed by atoms with Crippen LogP contribution in [0.4, 0.5) is 13.2 Å². The van der Waals surface area contributed by atoms with Crippen molar-refractivity contribution in [3.63, 3.8) is 0 Å². The van der Waals surface area contributed by atoms with Gasteiger partial charge in [0.05, 0.1) is 19.5 Å². The lowest BCUT2D eigenvalue weighted by Gasteiger charge is -2.30. The van der Waals surface area contributed by atoms with Crippen LogP contribution >= 0.6 is 0 Å². The van der Waals surface area contributed by atoms with E-state index in [2.05, 4.69) is 16.9 Å². The molecule has 3 heterocycles. The van der Waals surface area contributed by atoms with Gasteiger partial charge >= 0.3 is 12.1 Å². The first-order chi connectivity index (χ1) is 12.9. The number of carboxylic acids is 1. The van der Waals surface area contributed by atoms with Crippen molar-refractivity contribution in [1.82, 2.24) is 18.8 Å². The minimum atomic E-state index is -5.08. The summed E-state index contributed by atoms with van der Waals surface area (Å²) in [6.07, 6.45) is -1.05. The van der Waals surface area contributed by atoms with Crippen molar-refractivity contribution in [2.24, 2.45) is 12.5 Å². The van der Waals surface area contributed by atoms with Crippen molar-refractivity contribution in [2.75, 3.05) is 46.4 Å². The van der Waals surface area contributed by atoms with Crippen LogP contribution in [0.2, 0.25) is 0 Å². The van der Waals surface area contributed by atoms with Crippen LogP contribution in [-0.4, -0.2) is 90.9 Å². The average molecular weight is 428 g/mol. The first-order valence-corrected chi connectivity index (χ1v) is 9.84. The third kappa shape index (κ3) is 5.43. The molecule has 0 saturated carbocycles. The Kier molecular flexibility index (Phi) is 6.74. The topological polar surface area (TPSA) is 105 Å². The van der Waals surface area contributed by atoms with E-state index in [0.717, 1.165) is 19.5 Å². The van der Waals surface area contributed by atoms with Crippen LogP contribution in [0.15, 0.2) is 17.6 Å². The number of rotatable bonds is 2. The number of aromatic nitrogens is 2. The molecule has 1 spiro atoms. The van der Waals surface area contributed by atoms with Crippen molar-refractivity contribution < 1.29 is 36.2 Å². The van der Waals surface area contributed by atoms with E-state index in [1.165, 1.54) is 6.33 Å². The van der Waals surface area contributed by atoms with E-state index in [1.807, 2.05) is 0 Å². The molecule has 2 aliphatic heterocycles. The molecular weight excluding hydrogens is 405 g/mol. The molecular formula is C15H23F3N4O5S. The second kappa shape index (κ2) is 8.35. The normalized spacial score (nSPS) is 24.6.